The van der Waals surface area contributed by atoms with Crippen molar-refractivity contribution in [1.29, 1.82) is 0 Å². The van der Waals surface area contributed by atoms with Gasteiger partial charge in [0, 0.05) is 43.6 Å². The van der Waals surface area contributed by atoms with Gasteiger partial charge in [-0.1, -0.05) is 0 Å². The highest BCUT2D eigenvalue weighted by molar-refractivity contribution is 7.91. The minimum atomic E-state index is -3.08. The van der Waals surface area contributed by atoms with Crippen LogP contribution in [0.5, 0.6) is 0 Å². The number of hydrogen-bond donors (Lipinski definition) is 0. The molecular weight excluding hydrogens is 350 g/mol. The van der Waals surface area contributed by atoms with Gasteiger partial charge in [0.1, 0.15) is 0 Å². The molecule has 2 unspecified atom stereocenters. The summed E-state index contributed by atoms with van der Waals surface area (Å²) in [6.07, 6.45) is 6.32. The number of amides is 1. The van der Waals surface area contributed by atoms with Gasteiger partial charge in [-0.2, -0.15) is 0 Å². The third kappa shape index (κ3) is 3.43. The Kier molecular flexibility index (Phi) is 4.23. The first-order valence-electron chi connectivity index (χ1n) is 9.58. The van der Waals surface area contributed by atoms with Gasteiger partial charge in [-0.15, -0.1) is 0 Å². The molecular formula is C19H29N3O3S. The summed E-state index contributed by atoms with van der Waals surface area (Å²) in [6, 6.07) is 1.60. The minimum absolute atomic E-state index is 0.0360. The Labute approximate surface area is 156 Å². The van der Waals surface area contributed by atoms with Crippen molar-refractivity contribution in [3.05, 3.63) is 24.0 Å². The Morgan fingerprint density at radius 1 is 1.15 bits per heavy atom. The number of rotatable bonds is 3. The van der Waals surface area contributed by atoms with Gasteiger partial charge in [-0.05, 0) is 45.6 Å². The SMILES string of the molecule is CC(C)(C)n1ccc(C(=O)N2CCN(CC3CC3)C3CS(=O)(=O)CC32)c1. The number of fused-ring (bicyclic) bond motifs is 1. The molecule has 0 N–H and O–H groups in total. The van der Waals surface area contributed by atoms with Gasteiger partial charge in [-0.25, -0.2) is 8.42 Å². The summed E-state index contributed by atoms with van der Waals surface area (Å²) in [6.45, 7) is 8.66. The van der Waals surface area contributed by atoms with E-state index < -0.39 is 9.84 Å². The van der Waals surface area contributed by atoms with Crippen LogP contribution in [0.2, 0.25) is 0 Å². The average molecular weight is 380 g/mol. The molecule has 2 atom stereocenters. The van der Waals surface area contributed by atoms with Crippen LogP contribution in [0.15, 0.2) is 18.5 Å². The molecule has 7 heteroatoms. The summed E-state index contributed by atoms with van der Waals surface area (Å²) in [5.41, 5.74) is 0.569. The van der Waals surface area contributed by atoms with Crippen LogP contribution in [0.3, 0.4) is 0 Å². The maximum absolute atomic E-state index is 13.1. The zero-order valence-electron chi connectivity index (χ0n) is 15.9. The molecule has 26 heavy (non-hydrogen) atoms. The van der Waals surface area contributed by atoms with Crippen LogP contribution >= 0.6 is 0 Å². The van der Waals surface area contributed by atoms with E-state index in [1.54, 1.807) is 0 Å². The third-order valence-electron chi connectivity index (χ3n) is 5.96. The number of carbonyl (C=O) groups excluding carboxylic acids is 1. The van der Waals surface area contributed by atoms with Crippen LogP contribution in [0.4, 0.5) is 0 Å². The molecule has 1 saturated carbocycles. The molecule has 3 heterocycles. The topological polar surface area (TPSA) is 62.6 Å². The largest absolute Gasteiger partial charge is 0.348 e. The van der Waals surface area contributed by atoms with Crippen LogP contribution in [-0.2, 0) is 15.4 Å². The highest BCUT2D eigenvalue weighted by Gasteiger charge is 2.48. The van der Waals surface area contributed by atoms with Crippen molar-refractivity contribution < 1.29 is 13.2 Å². The van der Waals surface area contributed by atoms with Crippen LogP contribution in [0.25, 0.3) is 0 Å². The quantitative estimate of drug-likeness (QED) is 0.800. The monoisotopic (exact) mass is 379 g/mol. The summed E-state index contributed by atoms with van der Waals surface area (Å²) >= 11 is 0. The number of sulfone groups is 1. The number of piperazine rings is 1. The zero-order chi connectivity index (χ0) is 18.7. The third-order valence-corrected chi connectivity index (χ3v) is 7.65. The second-order valence-electron chi connectivity index (χ2n) is 9.13. The highest BCUT2D eigenvalue weighted by Crippen LogP contribution is 2.34. The molecule has 4 rings (SSSR count). The molecule has 0 spiro atoms. The van der Waals surface area contributed by atoms with E-state index in [4.69, 9.17) is 0 Å². The molecule has 3 fully saturated rings. The Balaban J connectivity index is 1.56. The van der Waals surface area contributed by atoms with Gasteiger partial charge in [0.2, 0.25) is 0 Å². The van der Waals surface area contributed by atoms with E-state index in [0.29, 0.717) is 12.1 Å². The fraction of sp³-hybridized carbons (Fsp3) is 0.737. The highest BCUT2D eigenvalue weighted by atomic mass is 32.2. The maximum Gasteiger partial charge on any atom is 0.255 e. The smallest absolute Gasteiger partial charge is 0.255 e. The van der Waals surface area contributed by atoms with Gasteiger partial charge in [0.05, 0.1) is 23.1 Å². The summed E-state index contributed by atoms with van der Waals surface area (Å²) in [5.74, 6) is 0.982. The zero-order valence-corrected chi connectivity index (χ0v) is 16.7. The predicted octanol–water partition coefficient (Wildman–Crippen LogP) is 1.58. The van der Waals surface area contributed by atoms with Crippen LogP contribution in [0.1, 0.15) is 44.0 Å². The molecule has 2 aliphatic heterocycles. The molecule has 2 saturated heterocycles. The molecule has 1 aliphatic carbocycles. The van der Waals surface area contributed by atoms with Crippen LogP contribution in [-0.4, -0.2) is 71.9 Å². The lowest BCUT2D eigenvalue weighted by atomic mass is 10.0. The Morgan fingerprint density at radius 2 is 1.85 bits per heavy atom. The van der Waals surface area contributed by atoms with Gasteiger partial charge >= 0.3 is 0 Å². The second-order valence-corrected chi connectivity index (χ2v) is 11.3. The Hall–Kier alpha value is -1.34. The van der Waals surface area contributed by atoms with E-state index in [9.17, 15) is 13.2 Å². The Morgan fingerprint density at radius 3 is 2.46 bits per heavy atom. The van der Waals surface area contributed by atoms with Crippen molar-refractivity contribution >= 4 is 15.7 Å². The first kappa shape index (κ1) is 18.0. The minimum Gasteiger partial charge on any atom is -0.348 e. The van der Waals surface area contributed by atoms with E-state index in [1.807, 2.05) is 27.9 Å². The number of hydrogen-bond acceptors (Lipinski definition) is 4. The van der Waals surface area contributed by atoms with Crippen molar-refractivity contribution in [1.82, 2.24) is 14.4 Å². The van der Waals surface area contributed by atoms with Gasteiger partial charge in [0.25, 0.3) is 5.91 Å². The summed E-state index contributed by atoms with van der Waals surface area (Å²) in [7, 11) is -3.08. The molecule has 0 bridgehead atoms. The first-order valence-corrected chi connectivity index (χ1v) is 11.4. The summed E-state index contributed by atoms with van der Waals surface area (Å²) in [5, 5.41) is 0. The molecule has 1 aromatic heterocycles. The van der Waals surface area contributed by atoms with Gasteiger partial charge in [-0.3, -0.25) is 9.69 Å². The van der Waals surface area contributed by atoms with Crippen molar-refractivity contribution in [2.45, 2.75) is 51.2 Å². The lowest BCUT2D eigenvalue weighted by Gasteiger charge is -2.44. The van der Waals surface area contributed by atoms with E-state index in [-0.39, 0.29) is 35.0 Å². The lowest BCUT2D eigenvalue weighted by Crippen LogP contribution is -2.60. The van der Waals surface area contributed by atoms with E-state index in [0.717, 1.165) is 19.0 Å². The average Bonchev–Trinajstić information content (AvgIpc) is 3.08. The van der Waals surface area contributed by atoms with E-state index >= 15 is 0 Å². The molecule has 0 radical (unpaired) electrons. The number of aromatic nitrogens is 1. The number of nitrogens with zero attached hydrogens (tertiary/aromatic N) is 3. The van der Waals surface area contributed by atoms with Gasteiger partial charge in [0.15, 0.2) is 9.84 Å². The fourth-order valence-electron chi connectivity index (χ4n) is 4.24. The number of carbonyl (C=O) groups is 1. The van der Waals surface area contributed by atoms with Crippen molar-refractivity contribution in [2.24, 2.45) is 5.92 Å². The Bertz CT molecular complexity index is 804. The standard InChI is InChI=1S/C19H29N3O3S/c1-19(2,3)21-7-6-15(11-21)18(23)22-9-8-20(10-14-4-5-14)16-12-26(24,25)13-17(16)22/h6-7,11,14,16-17H,4-5,8-10,12-13H2,1-3H3. The van der Waals surface area contributed by atoms with Crippen molar-refractivity contribution in [3.8, 4) is 0 Å². The lowest BCUT2D eigenvalue weighted by molar-refractivity contribution is 0.0318. The van der Waals surface area contributed by atoms with Crippen molar-refractivity contribution in [2.75, 3.05) is 31.1 Å². The first-order chi connectivity index (χ1) is 12.1. The predicted molar refractivity (Wildman–Crippen MR) is 101 cm³/mol. The van der Waals surface area contributed by atoms with E-state index in [1.165, 1.54) is 12.8 Å². The fourth-order valence-corrected chi connectivity index (χ4v) is 6.25. The van der Waals surface area contributed by atoms with Crippen LogP contribution < -0.4 is 0 Å². The summed E-state index contributed by atoms with van der Waals surface area (Å²) < 4.78 is 26.7. The summed E-state index contributed by atoms with van der Waals surface area (Å²) in [4.78, 5) is 17.3. The molecule has 3 aliphatic rings. The van der Waals surface area contributed by atoms with E-state index in [2.05, 4.69) is 25.7 Å². The normalized spacial score (nSPS) is 29.0. The van der Waals surface area contributed by atoms with Crippen LogP contribution in [0, 0.1) is 5.92 Å². The maximum atomic E-state index is 13.1. The molecule has 6 nitrogen and oxygen atoms in total. The molecule has 144 valence electrons. The van der Waals surface area contributed by atoms with Gasteiger partial charge < -0.3 is 9.47 Å². The van der Waals surface area contributed by atoms with Crippen molar-refractivity contribution in [3.63, 3.8) is 0 Å². The molecule has 0 aromatic carbocycles. The molecule has 1 aromatic rings. The molecule has 1 amide bonds. The second kappa shape index (κ2) is 6.09.